The molecular weight excluding hydrogens is 284 g/mol. The number of alkyl halides is 2. The topological polar surface area (TPSA) is 64.7 Å². The monoisotopic (exact) mass is 286 g/mol. The first-order chi connectivity index (χ1) is 5.05. The molecule has 1 heterocycles. The van der Waals surface area contributed by atoms with E-state index in [0.717, 1.165) is 0 Å². The van der Waals surface area contributed by atoms with Crippen molar-refractivity contribution >= 4 is 37.8 Å². The van der Waals surface area contributed by atoms with Crippen molar-refractivity contribution in [3.05, 3.63) is 10.1 Å². The molecule has 0 aromatic rings. The van der Waals surface area contributed by atoms with Crippen LogP contribution in [0, 0.1) is 10.1 Å². The van der Waals surface area contributed by atoms with Gasteiger partial charge in [-0.1, -0.05) is 0 Å². The predicted molar refractivity (Wildman–Crippen MR) is 45.8 cm³/mol. The lowest BCUT2D eigenvalue weighted by Crippen LogP contribution is -2.33. The summed E-state index contributed by atoms with van der Waals surface area (Å²) in [6, 6.07) is 0. The lowest BCUT2D eigenvalue weighted by molar-refractivity contribution is -0.487. The van der Waals surface area contributed by atoms with Crippen molar-refractivity contribution in [2.45, 2.75) is 3.36 Å². The molecule has 0 spiro atoms. The van der Waals surface area contributed by atoms with Gasteiger partial charge in [-0.15, -0.1) is 0 Å². The van der Waals surface area contributed by atoms with Gasteiger partial charge in [-0.2, -0.15) is 0 Å². The van der Waals surface area contributed by atoms with Crippen LogP contribution in [0.15, 0.2) is 4.99 Å². The van der Waals surface area contributed by atoms with Gasteiger partial charge in [0.2, 0.25) is 0 Å². The third-order valence-electron chi connectivity index (χ3n) is 1.07. The maximum Gasteiger partial charge on any atom is 0.400 e. The molecule has 11 heavy (non-hydrogen) atoms. The minimum absolute atomic E-state index is 0.0718. The second-order valence-electron chi connectivity index (χ2n) is 1.83. The molecule has 62 valence electrons. The minimum Gasteiger partial charge on any atom is -0.472 e. The summed E-state index contributed by atoms with van der Waals surface area (Å²) >= 11 is 5.67. The van der Waals surface area contributed by atoms with E-state index in [1.165, 1.54) is 0 Å². The van der Waals surface area contributed by atoms with Crippen molar-refractivity contribution in [1.82, 2.24) is 0 Å². The molecule has 0 atom stereocenters. The van der Waals surface area contributed by atoms with Crippen molar-refractivity contribution in [2.24, 2.45) is 4.99 Å². The molecule has 0 aliphatic carbocycles. The van der Waals surface area contributed by atoms with Gasteiger partial charge in [-0.05, 0) is 0 Å². The van der Waals surface area contributed by atoms with E-state index in [1.54, 1.807) is 0 Å². The Kier molecular flexibility index (Phi) is 2.48. The van der Waals surface area contributed by atoms with Gasteiger partial charge in [0, 0.05) is 31.9 Å². The fourth-order valence-corrected chi connectivity index (χ4v) is 1.07. The molecule has 0 saturated heterocycles. The van der Waals surface area contributed by atoms with Crippen molar-refractivity contribution in [1.29, 1.82) is 0 Å². The van der Waals surface area contributed by atoms with Crippen LogP contribution in [0.1, 0.15) is 0 Å². The van der Waals surface area contributed by atoms with E-state index in [9.17, 15) is 10.1 Å². The molecule has 1 rings (SSSR count). The summed E-state index contributed by atoms with van der Waals surface area (Å²) in [5.41, 5.74) is 0. The number of aliphatic imine (C=N–C) groups is 1. The third-order valence-corrected chi connectivity index (χ3v) is 2.33. The Morgan fingerprint density at radius 2 is 2.36 bits per heavy atom. The van der Waals surface area contributed by atoms with Crippen LogP contribution in [0.3, 0.4) is 0 Å². The summed E-state index contributed by atoms with van der Waals surface area (Å²) in [5.74, 6) is 0.0718. The average molecular weight is 288 g/mol. The first-order valence-corrected chi connectivity index (χ1v) is 4.34. The maximum atomic E-state index is 10.4. The van der Waals surface area contributed by atoms with E-state index in [4.69, 9.17) is 4.74 Å². The SMILES string of the molecule is O=[N+]([O-])C(Br)(Br)C1=NCCO1. The number of hydrogen-bond donors (Lipinski definition) is 0. The van der Waals surface area contributed by atoms with E-state index in [2.05, 4.69) is 36.9 Å². The lowest BCUT2D eigenvalue weighted by Gasteiger charge is -2.09. The predicted octanol–water partition coefficient (Wildman–Crippen LogP) is 1.14. The molecule has 1 aliphatic heterocycles. The zero-order valence-corrected chi connectivity index (χ0v) is 8.46. The molecule has 0 saturated carbocycles. The molecule has 0 amide bonds. The number of rotatable bonds is 2. The van der Waals surface area contributed by atoms with Crippen LogP contribution in [0.2, 0.25) is 0 Å². The van der Waals surface area contributed by atoms with E-state index >= 15 is 0 Å². The molecule has 1 aliphatic rings. The van der Waals surface area contributed by atoms with Gasteiger partial charge in [-0.3, -0.25) is 10.1 Å². The fraction of sp³-hybridized carbons (Fsp3) is 0.750. The van der Waals surface area contributed by atoms with Crippen LogP contribution in [0.5, 0.6) is 0 Å². The summed E-state index contributed by atoms with van der Waals surface area (Å²) < 4.78 is 3.35. The number of nitrogens with zero attached hydrogens (tertiary/aromatic N) is 2. The Balaban J connectivity index is 2.79. The molecule has 0 radical (unpaired) electrons. The second-order valence-corrected chi connectivity index (χ2v) is 5.19. The van der Waals surface area contributed by atoms with Gasteiger partial charge >= 0.3 is 3.36 Å². The van der Waals surface area contributed by atoms with Gasteiger partial charge in [0.15, 0.2) is 0 Å². The van der Waals surface area contributed by atoms with Crippen LogP contribution in [-0.2, 0) is 4.74 Å². The third kappa shape index (κ3) is 1.70. The number of halogens is 2. The van der Waals surface area contributed by atoms with Crippen molar-refractivity contribution in [3.8, 4) is 0 Å². The Morgan fingerprint density at radius 3 is 2.73 bits per heavy atom. The quantitative estimate of drug-likeness (QED) is 0.331. The Bertz CT molecular complexity index is 215. The van der Waals surface area contributed by atoms with Crippen molar-refractivity contribution in [3.63, 3.8) is 0 Å². The highest BCUT2D eigenvalue weighted by Gasteiger charge is 2.46. The molecule has 0 unspecified atom stereocenters. The van der Waals surface area contributed by atoms with Gasteiger partial charge in [0.1, 0.15) is 6.61 Å². The highest BCUT2D eigenvalue weighted by atomic mass is 79.9. The summed E-state index contributed by atoms with van der Waals surface area (Å²) in [4.78, 5) is 13.6. The van der Waals surface area contributed by atoms with Gasteiger partial charge in [-0.25, -0.2) is 4.99 Å². The van der Waals surface area contributed by atoms with Crippen LogP contribution >= 0.6 is 31.9 Å². The zero-order chi connectivity index (χ0) is 8.48. The Morgan fingerprint density at radius 1 is 1.73 bits per heavy atom. The molecule has 7 heteroatoms. The summed E-state index contributed by atoms with van der Waals surface area (Å²) in [6.45, 7) is 0.879. The fourth-order valence-electron chi connectivity index (χ4n) is 0.595. The first kappa shape index (κ1) is 8.92. The molecule has 0 fully saturated rings. The number of hydrogen-bond acceptors (Lipinski definition) is 4. The summed E-state index contributed by atoms with van der Waals surface area (Å²) in [6.07, 6.45) is 0. The van der Waals surface area contributed by atoms with Crippen LogP contribution in [-0.4, -0.2) is 27.3 Å². The molecule has 0 bridgehead atoms. The summed E-state index contributed by atoms with van der Waals surface area (Å²) in [7, 11) is 0. The Labute approximate surface area is 79.2 Å². The Hall–Kier alpha value is -0.170. The summed E-state index contributed by atoms with van der Waals surface area (Å²) in [5, 5.41) is 10.4. The highest BCUT2D eigenvalue weighted by Crippen LogP contribution is 2.30. The lowest BCUT2D eigenvalue weighted by atomic mass is 10.6. The molecule has 0 aromatic carbocycles. The van der Waals surface area contributed by atoms with Gasteiger partial charge < -0.3 is 4.74 Å². The molecule has 5 nitrogen and oxygen atoms in total. The van der Waals surface area contributed by atoms with E-state index in [-0.39, 0.29) is 5.90 Å². The second kappa shape index (κ2) is 3.06. The molecule has 0 aromatic heterocycles. The highest BCUT2D eigenvalue weighted by molar-refractivity contribution is 9.25. The van der Waals surface area contributed by atoms with E-state index in [1.807, 2.05) is 0 Å². The first-order valence-electron chi connectivity index (χ1n) is 2.75. The van der Waals surface area contributed by atoms with Gasteiger partial charge in [0.05, 0.1) is 11.5 Å². The van der Waals surface area contributed by atoms with Crippen molar-refractivity contribution in [2.75, 3.05) is 13.2 Å². The average Bonchev–Trinajstić information content (AvgIpc) is 2.37. The van der Waals surface area contributed by atoms with Crippen molar-refractivity contribution < 1.29 is 9.66 Å². The smallest absolute Gasteiger partial charge is 0.400 e. The van der Waals surface area contributed by atoms with Crippen LogP contribution in [0.4, 0.5) is 0 Å². The normalized spacial score (nSPS) is 17.5. The minimum atomic E-state index is -1.55. The standard InChI is InChI=1S/C4H4Br2N2O3/c5-4(6,8(9)10)3-7-1-2-11-3/h1-2H2. The number of ether oxygens (including phenoxy) is 1. The van der Waals surface area contributed by atoms with E-state index < -0.39 is 8.28 Å². The maximum absolute atomic E-state index is 10.4. The zero-order valence-electron chi connectivity index (χ0n) is 5.29. The van der Waals surface area contributed by atoms with E-state index in [0.29, 0.717) is 13.2 Å². The molecule has 0 N–H and O–H groups in total. The van der Waals surface area contributed by atoms with Gasteiger partial charge in [0.25, 0.3) is 5.90 Å². The molecular formula is C4H4Br2N2O3. The number of nitro groups is 1. The van der Waals surface area contributed by atoms with Crippen LogP contribution < -0.4 is 0 Å². The van der Waals surface area contributed by atoms with Crippen LogP contribution in [0.25, 0.3) is 0 Å². The largest absolute Gasteiger partial charge is 0.472 e.